The van der Waals surface area contributed by atoms with Crippen LogP contribution in [-0.2, 0) is 9.59 Å². The van der Waals surface area contributed by atoms with Crippen molar-refractivity contribution in [2.75, 3.05) is 16.8 Å². The monoisotopic (exact) mass is 353 g/mol. The van der Waals surface area contributed by atoms with Crippen molar-refractivity contribution in [2.24, 2.45) is 5.92 Å². The van der Waals surface area contributed by atoms with Crippen LogP contribution in [0.3, 0.4) is 0 Å². The van der Waals surface area contributed by atoms with Crippen molar-refractivity contribution in [1.29, 1.82) is 0 Å². The van der Waals surface area contributed by atoms with E-state index in [0.29, 0.717) is 12.2 Å². The molecule has 1 N–H and O–H groups in total. The van der Waals surface area contributed by atoms with Gasteiger partial charge in [0.25, 0.3) is 5.69 Å². The van der Waals surface area contributed by atoms with Crippen molar-refractivity contribution in [3.05, 3.63) is 63.7 Å². The fourth-order valence-corrected chi connectivity index (χ4v) is 3.04. The Hall–Kier alpha value is -3.22. The van der Waals surface area contributed by atoms with Crippen LogP contribution >= 0.6 is 0 Å². The molecule has 2 aromatic carbocycles. The number of hydrogen-bond acceptors (Lipinski definition) is 4. The number of nitrogens with zero attached hydrogens (tertiary/aromatic N) is 2. The minimum atomic E-state index is -0.497. The van der Waals surface area contributed by atoms with Gasteiger partial charge in [-0.25, -0.2) is 0 Å². The summed E-state index contributed by atoms with van der Waals surface area (Å²) in [7, 11) is 0. The topological polar surface area (TPSA) is 92.6 Å². The summed E-state index contributed by atoms with van der Waals surface area (Å²) in [4.78, 5) is 36.7. The van der Waals surface area contributed by atoms with Crippen molar-refractivity contribution in [3.8, 4) is 0 Å². The van der Waals surface area contributed by atoms with E-state index in [1.165, 1.54) is 24.3 Å². The van der Waals surface area contributed by atoms with Crippen LogP contribution in [-0.4, -0.2) is 23.3 Å². The number of carbonyl (C=O) groups is 2. The molecule has 1 aliphatic heterocycles. The van der Waals surface area contributed by atoms with Crippen molar-refractivity contribution >= 4 is 28.9 Å². The maximum absolute atomic E-state index is 12.5. The molecule has 0 radical (unpaired) electrons. The van der Waals surface area contributed by atoms with Crippen molar-refractivity contribution in [2.45, 2.75) is 20.3 Å². The summed E-state index contributed by atoms with van der Waals surface area (Å²) in [5, 5.41) is 13.4. The molecule has 2 aromatic rings. The van der Waals surface area contributed by atoms with Crippen molar-refractivity contribution < 1.29 is 14.5 Å². The lowest BCUT2D eigenvalue weighted by atomic mass is 10.1. The zero-order valence-electron chi connectivity index (χ0n) is 14.6. The predicted octanol–water partition coefficient (Wildman–Crippen LogP) is 3.20. The third-order valence-corrected chi connectivity index (χ3v) is 4.50. The van der Waals surface area contributed by atoms with Crippen molar-refractivity contribution in [1.82, 2.24) is 0 Å². The van der Waals surface area contributed by atoms with E-state index in [2.05, 4.69) is 5.32 Å². The number of rotatable bonds is 4. The molecule has 0 spiro atoms. The van der Waals surface area contributed by atoms with Crippen LogP contribution in [0.1, 0.15) is 17.5 Å². The number of amides is 2. The van der Waals surface area contributed by atoms with E-state index in [1.54, 1.807) is 4.90 Å². The molecule has 1 aliphatic rings. The van der Waals surface area contributed by atoms with Crippen molar-refractivity contribution in [3.63, 3.8) is 0 Å². The number of non-ortho nitro benzene ring substituents is 1. The second kappa shape index (κ2) is 6.95. The summed E-state index contributed by atoms with van der Waals surface area (Å²) in [6, 6.07) is 11.5. The van der Waals surface area contributed by atoms with E-state index in [0.717, 1.165) is 16.8 Å². The SMILES string of the molecule is Cc1ccc(C)c(N2C[C@H](C(=O)Nc3ccc([N+](=O)[O-])cc3)CC2=O)c1. The molecule has 0 unspecified atom stereocenters. The number of nitrogens with one attached hydrogen (secondary N) is 1. The van der Waals surface area contributed by atoms with Crippen LogP contribution in [0.25, 0.3) is 0 Å². The first-order valence-corrected chi connectivity index (χ1v) is 8.28. The number of nitro benzene ring substituents is 1. The normalized spacial score (nSPS) is 16.6. The average molecular weight is 353 g/mol. The highest BCUT2D eigenvalue weighted by Crippen LogP contribution is 2.29. The smallest absolute Gasteiger partial charge is 0.269 e. The summed E-state index contributed by atoms with van der Waals surface area (Å²) >= 11 is 0. The van der Waals surface area contributed by atoms with Crippen LogP contribution in [0.5, 0.6) is 0 Å². The molecule has 3 rings (SSSR count). The van der Waals surface area contributed by atoms with Gasteiger partial charge in [0.05, 0.1) is 10.8 Å². The Kier molecular flexibility index (Phi) is 4.71. The first kappa shape index (κ1) is 17.6. The van der Waals surface area contributed by atoms with Gasteiger partial charge in [-0.1, -0.05) is 12.1 Å². The maximum atomic E-state index is 12.5. The second-order valence-corrected chi connectivity index (χ2v) is 6.49. The van der Waals surface area contributed by atoms with E-state index in [4.69, 9.17) is 0 Å². The number of hydrogen-bond donors (Lipinski definition) is 1. The van der Waals surface area contributed by atoms with Gasteiger partial charge in [0.1, 0.15) is 0 Å². The number of benzene rings is 2. The number of nitro groups is 1. The number of carbonyl (C=O) groups excluding carboxylic acids is 2. The maximum Gasteiger partial charge on any atom is 0.269 e. The number of anilines is 2. The van der Waals surface area contributed by atoms with Gasteiger partial charge >= 0.3 is 0 Å². The Morgan fingerprint density at radius 1 is 1.19 bits per heavy atom. The Morgan fingerprint density at radius 3 is 2.54 bits per heavy atom. The largest absolute Gasteiger partial charge is 0.326 e. The van der Waals surface area contributed by atoms with Gasteiger partial charge in [0, 0.05) is 36.5 Å². The first-order chi connectivity index (χ1) is 12.3. The molecular formula is C19H19N3O4. The summed E-state index contributed by atoms with van der Waals surface area (Å²) in [6.45, 7) is 4.22. The van der Waals surface area contributed by atoms with Gasteiger partial charge in [0.2, 0.25) is 11.8 Å². The highest BCUT2D eigenvalue weighted by molar-refractivity contribution is 6.03. The average Bonchev–Trinajstić information content (AvgIpc) is 2.99. The van der Waals surface area contributed by atoms with Crippen LogP contribution in [0.2, 0.25) is 0 Å². The van der Waals surface area contributed by atoms with Crippen LogP contribution in [0.4, 0.5) is 17.1 Å². The lowest BCUT2D eigenvalue weighted by Crippen LogP contribution is -2.28. The third kappa shape index (κ3) is 3.56. The second-order valence-electron chi connectivity index (χ2n) is 6.49. The summed E-state index contributed by atoms with van der Waals surface area (Å²) in [5.74, 6) is -0.805. The Bertz CT molecular complexity index is 877. The van der Waals surface area contributed by atoms with Gasteiger partial charge in [0.15, 0.2) is 0 Å². The Labute approximate surface area is 150 Å². The molecule has 1 heterocycles. The first-order valence-electron chi connectivity index (χ1n) is 8.28. The molecule has 0 bridgehead atoms. The molecule has 26 heavy (non-hydrogen) atoms. The molecule has 2 amide bonds. The van der Waals surface area contributed by atoms with Crippen LogP contribution < -0.4 is 10.2 Å². The van der Waals surface area contributed by atoms with Crippen LogP contribution in [0, 0.1) is 29.9 Å². The summed E-state index contributed by atoms with van der Waals surface area (Å²) < 4.78 is 0. The zero-order chi connectivity index (χ0) is 18.8. The van der Waals surface area contributed by atoms with Gasteiger partial charge < -0.3 is 10.2 Å². The van der Waals surface area contributed by atoms with Crippen LogP contribution in [0.15, 0.2) is 42.5 Å². The fraction of sp³-hybridized carbons (Fsp3) is 0.263. The van der Waals surface area contributed by atoms with E-state index in [-0.39, 0.29) is 23.9 Å². The zero-order valence-corrected chi connectivity index (χ0v) is 14.6. The highest BCUT2D eigenvalue weighted by Gasteiger charge is 2.35. The third-order valence-electron chi connectivity index (χ3n) is 4.50. The lowest BCUT2D eigenvalue weighted by molar-refractivity contribution is -0.384. The fourth-order valence-electron chi connectivity index (χ4n) is 3.04. The minimum Gasteiger partial charge on any atom is -0.326 e. The molecule has 7 heteroatoms. The standard InChI is InChI=1S/C19H19N3O4/c1-12-3-4-13(2)17(9-12)21-11-14(10-18(21)23)19(24)20-15-5-7-16(8-6-15)22(25)26/h3-9,14H,10-11H2,1-2H3,(H,20,24)/t14-/m1/s1. The molecule has 0 aliphatic carbocycles. The molecule has 134 valence electrons. The number of aryl methyl sites for hydroxylation is 2. The minimum absolute atomic E-state index is 0.0415. The Morgan fingerprint density at radius 2 is 1.88 bits per heavy atom. The van der Waals surface area contributed by atoms with Gasteiger partial charge in [-0.3, -0.25) is 19.7 Å². The highest BCUT2D eigenvalue weighted by atomic mass is 16.6. The molecule has 1 saturated heterocycles. The molecule has 1 fully saturated rings. The summed E-state index contributed by atoms with van der Waals surface area (Å²) in [5.41, 5.74) is 3.30. The molecule has 1 atom stereocenters. The van der Waals surface area contributed by atoms with Gasteiger partial charge in [-0.15, -0.1) is 0 Å². The lowest BCUT2D eigenvalue weighted by Gasteiger charge is -2.19. The molecular weight excluding hydrogens is 334 g/mol. The van der Waals surface area contributed by atoms with E-state index < -0.39 is 10.8 Å². The van der Waals surface area contributed by atoms with E-state index >= 15 is 0 Å². The molecule has 7 nitrogen and oxygen atoms in total. The van der Waals surface area contributed by atoms with E-state index in [1.807, 2.05) is 32.0 Å². The van der Waals surface area contributed by atoms with Gasteiger partial charge in [-0.2, -0.15) is 0 Å². The predicted molar refractivity (Wildman–Crippen MR) is 98.1 cm³/mol. The van der Waals surface area contributed by atoms with E-state index in [9.17, 15) is 19.7 Å². The van der Waals surface area contributed by atoms with Gasteiger partial charge in [-0.05, 0) is 43.2 Å². The Balaban J connectivity index is 1.70. The quantitative estimate of drug-likeness (QED) is 0.675. The molecule has 0 aromatic heterocycles. The summed E-state index contributed by atoms with van der Waals surface area (Å²) in [6.07, 6.45) is 0.145. The molecule has 0 saturated carbocycles.